The van der Waals surface area contributed by atoms with E-state index in [0.29, 0.717) is 6.54 Å². The van der Waals surface area contributed by atoms with Gasteiger partial charge in [0.15, 0.2) is 0 Å². The number of hydrogen-bond donors (Lipinski definition) is 2. The van der Waals surface area contributed by atoms with Gasteiger partial charge < -0.3 is 10.6 Å². The van der Waals surface area contributed by atoms with Gasteiger partial charge in [-0.15, -0.1) is 0 Å². The summed E-state index contributed by atoms with van der Waals surface area (Å²) in [5.41, 5.74) is 0.908. The topological polar surface area (TPSA) is 41.1 Å². The zero-order valence-corrected chi connectivity index (χ0v) is 11.7. The van der Waals surface area contributed by atoms with Crippen molar-refractivity contribution >= 4 is 16.8 Å². The van der Waals surface area contributed by atoms with Crippen molar-refractivity contribution in [2.24, 2.45) is 0 Å². The first-order valence-corrected chi connectivity index (χ1v) is 6.48. The van der Waals surface area contributed by atoms with Crippen molar-refractivity contribution in [2.45, 2.75) is 32.9 Å². The standard InChI is InChI=1S/C16H20N2O/c1-16(2,3)18-15(19)17-11-13-9-6-8-12-7-4-5-10-14(12)13/h4-10H,11H2,1-3H3,(H2,17,18,19). The molecule has 3 nitrogen and oxygen atoms in total. The molecule has 100 valence electrons. The quantitative estimate of drug-likeness (QED) is 0.849. The Morgan fingerprint density at radius 3 is 2.47 bits per heavy atom. The molecule has 0 aliphatic heterocycles. The molecule has 0 heterocycles. The molecule has 0 saturated heterocycles. The zero-order valence-electron chi connectivity index (χ0n) is 11.7. The first kappa shape index (κ1) is 13.4. The summed E-state index contributed by atoms with van der Waals surface area (Å²) >= 11 is 0. The van der Waals surface area contributed by atoms with E-state index in [1.54, 1.807) is 0 Å². The molecule has 2 rings (SSSR count). The lowest BCUT2D eigenvalue weighted by molar-refractivity contribution is 0.231. The molecule has 2 aromatic rings. The molecule has 0 spiro atoms. The number of fused-ring (bicyclic) bond motifs is 1. The number of rotatable bonds is 2. The van der Waals surface area contributed by atoms with Gasteiger partial charge in [0.25, 0.3) is 0 Å². The fraction of sp³-hybridized carbons (Fsp3) is 0.312. The predicted molar refractivity (Wildman–Crippen MR) is 79.1 cm³/mol. The Hall–Kier alpha value is -2.03. The van der Waals surface area contributed by atoms with Crippen LogP contribution in [0.4, 0.5) is 4.79 Å². The van der Waals surface area contributed by atoms with E-state index in [1.165, 1.54) is 10.8 Å². The molecule has 0 aromatic heterocycles. The first-order chi connectivity index (χ1) is 8.96. The third kappa shape index (κ3) is 3.71. The van der Waals surface area contributed by atoms with Crippen molar-refractivity contribution in [3.8, 4) is 0 Å². The predicted octanol–water partition coefficient (Wildman–Crippen LogP) is 3.44. The van der Waals surface area contributed by atoms with Crippen LogP contribution in [0.15, 0.2) is 42.5 Å². The summed E-state index contributed by atoms with van der Waals surface area (Å²) in [5, 5.41) is 8.16. The molecule has 3 heteroatoms. The van der Waals surface area contributed by atoms with Gasteiger partial charge in [0.05, 0.1) is 0 Å². The lowest BCUT2D eigenvalue weighted by Crippen LogP contribution is -2.46. The van der Waals surface area contributed by atoms with Crippen molar-refractivity contribution in [1.29, 1.82) is 0 Å². The first-order valence-electron chi connectivity index (χ1n) is 6.48. The van der Waals surface area contributed by atoms with Gasteiger partial charge >= 0.3 is 6.03 Å². The van der Waals surface area contributed by atoms with E-state index in [2.05, 4.69) is 28.8 Å². The molecule has 0 unspecified atom stereocenters. The minimum absolute atomic E-state index is 0.138. The van der Waals surface area contributed by atoms with Gasteiger partial charge in [0, 0.05) is 12.1 Å². The number of benzene rings is 2. The van der Waals surface area contributed by atoms with E-state index in [0.717, 1.165) is 5.56 Å². The van der Waals surface area contributed by atoms with Gasteiger partial charge in [-0.1, -0.05) is 42.5 Å². The van der Waals surface area contributed by atoms with Crippen LogP contribution in [0.2, 0.25) is 0 Å². The van der Waals surface area contributed by atoms with E-state index in [4.69, 9.17) is 0 Å². The second kappa shape index (κ2) is 5.31. The highest BCUT2D eigenvalue weighted by atomic mass is 16.2. The van der Waals surface area contributed by atoms with Crippen LogP contribution in [0, 0.1) is 0 Å². The van der Waals surface area contributed by atoms with Gasteiger partial charge in [0.1, 0.15) is 0 Å². The van der Waals surface area contributed by atoms with Crippen molar-refractivity contribution < 1.29 is 4.79 Å². The number of hydrogen-bond acceptors (Lipinski definition) is 1. The van der Waals surface area contributed by atoms with Crippen molar-refractivity contribution in [3.63, 3.8) is 0 Å². The molecule has 2 amide bonds. The van der Waals surface area contributed by atoms with Crippen LogP contribution in [-0.4, -0.2) is 11.6 Å². The Bertz CT molecular complexity index is 579. The van der Waals surface area contributed by atoms with Gasteiger partial charge in [-0.3, -0.25) is 0 Å². The zero-order chi connectivity index (χ0) is 13.9. The van der Waals surface area contributed by atoms with E-state index < -0.39 is 0 Å². The second-order valence-electron chi connectivity index (χ2n) is 5.70. The number of carbonyl (C=O) groups is 1. The number of nitrogens with one attached hydrogen (secondary N) is 2. The van der Waals surface area contributed by atoms with Crippen LogP contribution in [0.25, 0.3) is 10.8 Å². The normalized spacial score (nSPS) is 11.3. The smallest absolute Gasteiger partial charge is 0.315 e. The molecule has 0 aliphatic rings. The highest BCUT2D eigenvalue weighted by molar-refractivity contribution is 5.86. The molecule has 0 radical (unpaired) electrons. The Morgan fingerprint density at radius 2 is 1.74 bits per heavy atom. The molecule has 0 bridgehead atoms. The number of amides is 2. The summed E-state index contributed by atoms with van der Waals surface area (Å²) < 4.78 is 0. The third-order valence-electron chi connectivity index (χ3n) is 2.81. The maximum atomic E-state index is 11.7. The minimum Gasteiger partial charge on any atom is -0.334 e. The average Bonchev–Trinajstić information content (AvgIpc) is 2.34. The van der Waals surface area contributed by atoms with Crippen LogP contribution in [0.1, 0.15) is 26.3 Å². The summed E-state index contributed by atoms with van der Waals surface area (Å²) in [6, 6.07) is 14.2. The summed E-state index contributed by atoms with van der Waals surface area (Å²) in [4.78, 5) is 11.7. The molecule has 2 aromatic carbocycles. The summed E-state index contributed by atoms with van der Waals surface area (Å²) in [6.07, 6.45) is 0. The average molecular weight is 256 g/mol. The molecular weight excluding hydrogens is 236 g/mol. The lowest BCUT2D eigenvalue weighted by Gasteiger charge is -2.21. The minimum atomic E-state index is -0.219. The highest BCUT2D eigenvalue weighted by Crippen LogP contribution is 2.18. The van der Waals surface area contributed by atoms with E-state index in [-0.39, 0.29) is 11.6 Å². The fourth-order valence-corrected chi connectivity index (χ4v) is 2.01. The Morgan fingerprint density at radius 1 is 1.05 bits per heavy atom. The van der Waals surface area contributed by atoms with Crippen molar-refractivity contribution in [2.75, 3.05) is 0 Å². The van der Waals surface area contributed by atoms with E-state index in [1.807, 2.05) is 45.0 Å². The van der Waals surface area contributed by atoms with E-state index in [9.17, 15) is 4.79 Å². The van der Waals surface area contributed by atoms with Crippen LogP contribution in [0.3, 0.4) is 0 Å². The molecule has 0 saturated carbocycles. The highest BCUT2D eigenvalue weighted by Gasteiger charge is 2.13. The number of urea groups is 1. The molecule has 0 atom stereocenters. The van der Waals surface area contributed by atoms with Crippen LogP contribution in [0.5, 0.6) is 0 Å². The van der Waals surface area contributed by atoms with Crippen molar-refractivity contribution in [1.82, 2.24) is 10.6 Å². The van der Waals surface area contributed by atoms with Crippen LogP contribution >= 0.6 is 0 Å². The molecule has 0 fully saturated rings. The fourth-order valence-electron chi connectivity index (χ4n) is 2.01. The molecule has 2 N–H and O–H groups in total. The summed E-state index contributed by atoms with van der Waals surface area (Å²) in [7, 11) is 0. The van der Waals surface area contributed by atoms with Crippen LogP contribution in [-0.2, 0) is 6.54 Å². The van der Waals surface area contributed by atoms with Crippen molar-refractivity contribution in [3.05, 3.63) is 48.0 Å². The van der Waals surface area contributed by atoms with Gasteiger partial charge in [-0.2, -0.15) is 0 Å². The largest absolute Gasteiger partial charge is 0.334 e. The Kier molecular flexibility index (Phi) is 3.74. The molecular formula is C16H20N2O. The Balaban J connectivity index is 2.08. The lowest BCUT2D eigenvalue weighted by atomic mass is 10.0. The molecule has 19 heavy (non-hydrogen) atoms. The maximum Gasteiger partial charge on any atom is 0.315 e. The summed E-state index contributed by atoms with van der Waals surface area (Å²) in [6.45, 7) is 6.42. The van der Waals surface area contributed by atoms with Crippen LogP contribution < -0.4 is 10.6 Å². The third-order valence-corrected chi connectivity index (χ3v) is 2.81. The SMILES string of the molecule is CC(C)(C)NC(=O)NCc1cccc2ccccc12. The molecule has 0 aliphatic carbocycles. The van der Waals surface area contributed by atoms with Gasteiger partial charge in [-0.25, -0.2) is 4.79 Å². The summed E-state index contributed by atoms with van der Waals surface area (Å²) in [5.74, 6) is 0. The number of carbonyl (C=O) groups excluding carboxylic acids is 1. The van der Waals surface area contributed by atoms with Gasteiger partial charge in [-0.05, 0) is 37.1 Å². The maximum absolute atomic E-state index is 11.7. The van der Waals surface area contributed by atoms with E-state index >= 15 is 0 Å². The monoisotopic (exact) mass is 256 g/mol. The van der Waals surface area contributed by atoms with Gasteiger partial charge in [0.2, 0.25) is 0 Å². The second-order valence-corrected chi connectivity index (χ2v) is 5.70. The Labute approximate surface area is 114 Å².